The van der Waals surface area contributed by atoms with Crippen molar-refractivity contribution in [2.75, 3.05) is 0 Å². The first-order chi connectivity index (χ1) is 11.2. The first kappa shape index (κ1) is 17.9. The van der Waals surface area contributed by atoms with Crippen LogP contribution in [-0.4, -0.2) is 27.3 Å². The summed E-state index contributed by atoms with van der Waals surface area (Å²) in [4.78, 5) is 29.3. The number of hydrazine groups is 1. The van der Waals surface area contributed by atoms with E-state index in [2.05, 4.69) is 10.4 Å². The number of halogens is 1. The van der Waals surface area contributed by atoms with Gasteiger partial charge in [-0.15, -0.1) is 0 Å². The van der Waals surface area contributed by atoms with E-state index in [1.807, 2.05) is 33.8 Å². The minimum Gasteiger partial charge on any atom is -0.267 e. The average molecular weight is 346 g/mol. The molecule has 1 N–H and O–H groups in total. The number of hydrogen-bond acceptors (Lipinski definition) is 3. The predicted molar refractivity (Wildman–Crippen MR) is 93.8 cm³/mol. The molecule has 0 saturated heterocycles. The van der Waals surface area contributed by atoms with Crippen molar-refractivity contribution >= 4 is 23.4 Å². The minimum absolute atomic E-state index is 0.0987. The minimum atomic E-state index is -0.643. The Kier molecular flexibility index (Phi) is 5.24. The van der Waals surface area contributed by atoms with Gasteiger partial charge in [0.15, 0.2) is 0 Å². The predicted octanol–water partition coefficient (Wildman–Crippen LogP) is 3.63. The van der Waals surface area contributed by atoms with Crippen LogP contribution in [0.1, 0.15) is 47.1 Å². The Balaban J connectivity index is 2.32. The number of aryl methyl sites for hydroxylation is 1. The molecule has 1 aromatic heterocycles. The molecular weight excluding hydrogens is 326 g/mol. The fourth-order valence-electron chi connectivity index (χ4n) is 2.14. The van der Waals surface area contributed by atoms with Gasteiger partial charge in [0.05, 0.1) is 11.1 Å². The molecule has 0 atom stereocenters. The molecule has 0 unspecified atom stereocenters. The molecule has 6 heteroatoms. The zero-order valence-electron chi connectivity index (χ0n) is 14.1. The molecule has 1 aromatic carbocycles. The van der Waals surface area contributed by atoms with Crippen LogP contribution in [0.15, 0.2) is 42.6 Å². The second-order valence-corrected chi connectivity index (χ2v) is 6.82. The lowest BCUT2D eigenvalue weighted by Crippen LogP contribution is -2.56. The van der Waals surface area contributed by atoms with Crippen molar-refractivity contribution in [1.82, 2.24) is 15.4 Å². The third-order valence-electron chi connectivity index (χ3n) is 3.36. The lowest BCUT2D eigenvalue weighted by molar-refractivity contribution is 0.0358. The molecule has 2 aromatic rings. The second kappa shape index (κ2) is 7.01. The molecule has 0 bridgehead atoms. The fourth-order valence-corrected chi connectivity index (χ4v) is 2.34. The van der Waals surface area contributed by atoms with Gasteiger partial charge in [0.25, 0.3) is 11.8 Å². The molecule has 0 radical (unpaired) electrons. The summed E-state index contributed by atoms with van der Waals surface area (Å²) < 4.78 is 0. The van der Waals surface area contributed by atoms with E-state index in [1.165, 1.54) is 11.2 Å². The van der Waals surface area contributed by atoms with Crippen LogP contribution < -0.4 is 5.43 Å². The zero-order chi connectivity index (χ0) is 17.9. The first-order valence-corrected chi connectivity index (χ1v) is 7.90. The molecule has 0 aliphatic rings. The van der Waals surface area contributed by atoms with Gasteiger partial charge in [-0.2, -0.15) is 0 Å². The molecule has 0 aliphatic carbocycles. The maximum Gasteiger partial charge on any atom is 0.275 e. The van der Waals surface area contributed by atoms with Gasteiger partial charge in [-0.3, -0.25) is 15.0 Å². The van der Waals surface area contributed by atoms with E-state index in [4.69, 9.17) is 11.6 Å². The highest BCUT2D eigenvalue weighted by Gasteiger charge is 2.30. The van der Waals surface area contributed by atoms with Gasteiger partial charge >= 0.3 is 0 Å². The molecule has 0 saturated carbocycles. The number of pyridine rings is 1. The summed E-state index contributed by atoms with van der Waals surface area (Å²) in [7, 11) is 0. The standard InChI is InChI=1S/C18H20ClN3O2/c1-12-7-5-8-13(11-12)16(23)21-22(18(2,3)4)17(24)14-9-6-10-20-15(14)19/h5-11H,1-4H3,(H,21,23). The van der Waals surface area contributed by atoms with Gasteiger partial charge < -0.3 is 0 Å². The number of carbonyl (C=O) groups is 2. The lowest BCUT2D eigenvalue weighted by atomic mass is 10.1. The average Bonchev–Trinajstić information content (AvgIpc) is 2.51. The topological polar surface area (TPSA) is 62.3 Å². The maximum atomic E-state index is 12.8. The third kappa shape index (κ3) is 4.11. The molecule has 0 fully saturated rings. The van der Waals surface area contributed by atoms with Crippen molar-refractivity contribution in [2.24, 2.45) is 0 Å². The number of aromatic nitrogens is 1. The van der Waals surface area contributed by atoms with Gasteiger partial charge in [-0.25, -0.2) is 9.99 Å². The van der Waals surface area contributed by atoms with Crippen molar-refractivity contribution in [2.45, 2.75) is 33.2 Å². The van der Waals surface area contributed by atoms with E-state index in [0.717, 1.165) is 5.56 Å². The van der Waals surface area contributed by atoms with Crippen LogP contribution in [0.5, 0.6) is 0 Å². The van der Waals surface area contributed by atoms with Crippen molar-refractivity contribution in [3.8, 4) is 0 Å². The Morgan fingerprint density at radius 1 is 1.17 bits per heavy atom. The summed E-state index contributed by atoms with van der Waals surface area (Å²) in [5.74, 6) is -0.774. The Hall–Kier alpha value is -2.40. The van der Waals surface area contributed by atoms with Crippen molar-refractivity contribution in [1.29, 1.82) is 0 Å². The van der Waals surface area contributed by atoms with E-state index in [1.54, 1.807) is 30.3 Å². The van der Waals surface area contributed by atoms with E-state index in [0.29, 0.717) is 5.56 Å². The first-order valence-electron chi connectivity index (χ1n) is 7.53. The highest BCUT2D eigenvalue weighted by atomic mass is 35.5. The molecule has 2 rings (SSSR count). The monoisotopic (exact) mass is 345 g/mol. The number of hydrogen-bond donors (Lipinski definition) is 1. The van der Waals surface area contributed by atoms with E-state index >= 15 is 0 Å². The summed E-state index contributed by atoms with van der Waals surface area (Å²) in [6, 6.07) is 10.4. The highest BCUT2D eigenvalue weighted by molar-refractivity contribution is 6.32. The Labute approximate surface area is 146 Å². The number of carbonyl (C=O) groups excluding carboxylic acids is 2. The molecule has 0 spiro atoms. The van der Waals surface area contributed by atoms with Gasteiger partial charge in [-0.05, 0) is 52.0 Å². The smallest absolute Gasteiger partial charge is 0.267 e. The Bertz CT molecular complexity index is 769. The third-order valence-corrected chi connectivity index (χ3v) is 3.66. The maximum absolute atomic E-state index is 12.8. The SMILES string of the molecule is Cc1cccc(C(=O)NN(C(=O)c2cccnc2Cl)C(C)(C)C)c1. The van der Waals surface area contributed by atoms with Crippen molar-refractivity contribution in [3.63, 3.8) is 0 Å². The van der Waals surface area contributed by atoms with Gasteiger partial charge in [0.2, 0.25) is 0 Å². The van der Waals surface area contributed by atoms with Crippen LogP contribution in [0.25, 0.3) is 0 Å². The van der Waals surface area contributed by atoms with E-state index in [-0.39, 0.29) is 16.6 Å². The molecule has 5 nitrogen and oxygen atoms in total. The summed E-state index contributed by atoms with van der Waals surface area (Å²) >= 11 is 6.02. The van der Waals surface area contributed by atoms with Crippen LogP contribution in [0, 0.1) is 6.92 Å². The van der Waals surface area contributed by atoms with Crippen LogP contribution in [0.4, 0.5) is 0 Å². The van der Waals surface area contributed by atoms with Crippen LogP contribution in [-0.2, 0) is 0 Å². The molecule has 2 amide bonds. The molecule has 24 heavy (non-hydrogen) atoms. The molecule has 126 valence electrons. The van der Waals surface area contributed by atoms with Crippen LogP contribution in [0.2, 0.25) is 5.15 Å². The van der Waals surface area contributed by atoms with Crippen LogP contribution >= 0.6 is 11.6 Å². The summed E-state index contributed by atoms with van der Waals surface area (Å²) in [5.41, 5.74) is 3.72. The van der Waals surface area contributed by atoms with Gasteiger partial charge in [-0.1, -0.05) is 29.3 Å². The number of benzene rings is 1. The Morgan fingerprint density at radius 3 is 2.46 bits per heavy atom. The molecule has 1 heterocycles. The van der Waals surface area contributed by atoms with E-state index in [9.17, 15) is 9.59 Å². The quantitative estimate of drug-likeness (QED) is 0.667. The highest BCUT2D eigenvalue weighted by Crippen LogP contribution is 2.19. The molecular formula is C18H20ClN3O2. The Morgan fingerprint density at radius 2 is 1.88 bits per heavy atom. The largest absolute Gasteiger partial charge is 0.275 e. The summed E-state index contributed by atoms with van der Waals surface area (Å²) in [6.45, 7) is 7.38. The van der Waals surface area contributed by atoms with Crippen molar-refractivity contribution in [3.05, 3.63) is 64.4 Å². The lowest BCUT2D eigenvalue weighted by Gasteiger charge is -2.35. The number of nitrogens with one attached hydrogen (secondary N) is 1. The second-order valence-electron chi connectivity index (χ2n) is 6.46. The van der Waals surface area contributed by atoms with Crippen LogP contribution in [0.3, 0.4) is 0 Å². The van der Waals surface area contributed by atoms with Gasteiger partial charge in [0.1, 0.15) is 5.15 Å². The fraction of sp³-hybridized carbons (Fsp3) is 0.278. The molecule has 0 aliphatic heterocycles. The summed E-state index contributed by atoms with van der Waals surface area (Å²) in [5, 5.41) is 1.38. The van der Waals surface area contributed by atoms with Gasteiger partial charge in [0, 0.05) is 11.8 Å². The normalized spacial score (nSPS) is 11.0. The number of amides is 2. The van der Waals surface area contributed by atoms with Crippen molar-refractivity contribution < 1.29 is 9.59 Å². The number of nitrogens with zero attached hydrogens (tertiary/aromatic N) is 2. The van der Waals surface area contributed by atoms with E-state index < -0.39 is 11.4 Å². The summed E-state index contributed by atoms with van der Waals surface area (Å²) in [6.07, 6.45) is 1.51. The zero-order valence-corrected chi connectivity index (χ0v) is 14.9. The number of rotatable bonds is 2.